The first-order valence-corrected chi connectivity index (χ1v) is 2.67. The summed E-state index contributed by atoms with van der Waals surface area (Å²) in [4.78, 5) is 1.02. The third-order valence-electron chi connectivity index (χ3n) is 0.859. The van der Waals surface area contributed by atoms with Gasteiger partial charge in [0.25, 0.3) is 0 Å². The van der Waals surface area contributed by atoms with Gasteiger partial charge in [0.15, 0.2) is 5.15 Å². The van der Waals surface area contributed by atoms with Gasteiger partial charge in [-0.15, -0.1) is 0 Å². The van der Waals surface area contributed by atoms with Gasteiger partial charge >= 0.3 is 5.82 Å². The summed E-state index contributed by atoms with van der Waals surface area (Å²) in [5, 5.41) is 3.93. The number of hydrogen-bond acceptors (Lipinski definition) is 3. The lowest BCUT2D eigenvalue weighted by Crippen LogP contribution is -2.50. The molecule has 4 N–H and O–H groups in total. The Bertz CT molecular complexity index is 224. The van der Waals surface area contributed by atoms with E-state index in [9.17, 15) is 0 Å². The van der Waals surface area contributed by atoms with Crippen LogP contribution in [0.3, 0.4) is 0 Å². The van der Waals surface area contributed by atoms with Gasteiger partial charge in [-0.2, -0.15) is 0 Å². The van der Waals surface area contributed by atoms with Gasteiger partial charge in [0.05, 0.1) is 0 Å². The molecular weight excluding hydrogens is 140 g/mol. The average Bonchev–Trinajstić information content (AvgIpc) is 1.80. The Labute approximate surface area is 57.0 Å². The van der Waals surface area contributed by atoms with Crippen molar-refractivity contribution in [2.24, 2.45) is 0 Å². The van der Waals surface area contributed by atoms with Crippen molar-refractivity contribution in [2.75, 3.05) is 11.6 Å². The maximum atomic E-state index is 5.45. The Kier molecular flexibility index (Phi) is 1.40. The number of halogens is 1. The van der Waals surface area contributed by atoms with Crippen molar-refractivity contribution in [2.45, 2.75) is 0 Å². The Morgan fingerprint density at radius 3 is 2.67 bits per heavy atom. The van der Waals surface area contributed by atoms with Crippen molar-refractivity contribution >= 4 is 17.4 Å². The highest BCUT2D eigenvalue weighted by molar-refractivity contribution is 6.29. The van der Waals surface area contributed by atoms with Gasteiger partial charge in [0.1, 0.15) is 0 Å². The fourth-order valence-electron chi connectivity index (χ4n) is 0.425. The molecule has 48 valence electrons. The minimum absolute atomic E-state index is 0.326. The van der Waals surface area contributed by atoms with Crippen LogP contribution in [0.15, 0.2) is 12.1 Å². The molecule has 0 amide bonds. The fourth-order valence-corrected chi connectivity index (χ4v) is 0.569. The van der Waals surface area contributed by atoms with E-state index in [-0.39, 0.29) is 0 Å². The Hall–Kier alpha value is -1.03. The van der Waals surface area contributed by atoms with E-state index < -0.39 is 0 Å². The predicted molar refractivity (Wildman–Crippen MR) is 34.0 cm³/mol. The van der Waals surface area contributed by atoms with E-state index in [1.807, 2.05) is 0 Å². The summed E-state index contributed by atoms with van der Waals surface area (Å²) < 4.78 is 0. The van der Waals surface area contributed by atoms with Crippen LogP contribution in [0, 0.1) is 0 Å². The Balaban J connectivity index is 3.17. The molecule has 4 nitrogen and oxygen atoms in total. The second-order valence-corrected chi connectivity index (χ2v) is 1.91. The monoisotopic (exact) mass is 145 g/mol. The van der Waals surface area contributed by atoms with E-state index in [0.717, 1.165) is 4.79 Å². The SMILES string of the molecule is Nc1ccc(Cl)n[n+]1N. The average molecular weight is 146 g/mol. The van der Waals surface area contributed by atoms with Crippen LogP contribution in [0.2, 0.25) is 5.15 Å². The first kappa shape index (κ1) is 6.10. The zero-order chi connectivity index (χ0) is 6.85. The van der Waals surface area contributed by atoms with E-state index in [1.165, 1.54) is 0 Å². The summed E-state index contributed by atoms with van der Waals surface area (Å²) in [6, 6.07) is 3.15. The maximum Gasteiger partial charge on any atom is 0.318 e. The second kappa shape index (κ2) is 2.06. The molecule has 0 aromatic carbocycles. The Morgan fingerprint density at radius 2 is 2.22 bits per heavy atom. The summed E-state index contributed by atoms with van der Waals surface area (Å²) in [7, 11) is 0. The van der Waals surface area contributed by atoms with E-state index in [4.69, 9.17) is 23.2 Å². The molecule has 1 rings (SSSR count). The van der Waals surface area contributed by atoms with E-state index in [1.54, 1.807) is 12.1 Å². The van der Waals surface area contributed by atoms with Crippen molar-refractivity contribution in [3.05, 3.63) is 17.3 Å². The molecule has 0 atom stereocenters. The molecule has 0 aliphatic heterocycles. The van der Waals surface area contributed by atoms with Gasteiger partial charge in [0, 0.05) is 6.07 Å². The molecule has 0 saturated heterocycles. The fraction of sp³-hybridized carbons (Fsp3) is 0. The van der Waals surface area contributed by atoms with Crippen molar-refractivity contribution in [3.63, 3.8) is 0 Å². The maximum absolute atomic E-state index is 5.45. The van der Waals surface area contributed by atoms with E-state index >= 15 is 0 Å². The molecule has 0 bridgehead atoms. The molecule has 1 aromatic rings. The predicted octanol–water partition coefficient (Wildman–Crippen LogP) is -0.681. The quantitative estimate of drug-likeness (QED) is 0.376. The second-order valence-electron chi connectivity index (χ2n) is 1.53. The van der Waals surface area contributed by atoms with Gasteiger partial charge < -0.3 is 0 Å². The van der Waals surface area contributed by atoms with Crippen molar-refractivity contribution in [1.82, 2.24) is 5.10 Å². The normalized spacial score (nSPS) is 9.44. The van der Waals surface area contributed by atoms with Gasteiger partial charge in [-0.1, -0.05) is 11.6 Å². The number of nitrogens with two attached hydrogens (primary N) is 2. The molecule has 0 aliphatic rings. The van der Waals surface area contributed by atoms with Crippen LogP contribution in [0.1, 0.15) is 0 Å². The third kappa shape index (κ3) is 1.20. The van der Waals surface area contributed by atoms with Crippen LogP contribution in [0.5, 0.6) is 0 Å². The molecule has 0 radical (unpaired) electrons. The lowest BCUT2D eigenvalue weighted by Gasteiger charge is -1.90. The highest BCUT2D eigenvalue weighted by atomic mass is 35.5. The van der Waals surface area contributed by atoms with Crippen molar-refractivity contribution in [1.29, 1.82) is 0 Å². The van der Waals surface area contributed by atoms with Crippen molar-refractivity contribution < 1.29 is 4.79 Å². The smallest absolute Gasteiger partial charge is 0.284 e. The molecule has 0 unspecified atom stereocenters. The molecular formula is C4H6ClN4+. The molecule has 1 heterocycles. The van der Waals surface area contributed by atoms with Crippen LogP contribution in [-0.2, 0) is 0 Å². The summed E-state index contributed by atoms with van der Waals surface area (Å²) in [5.41, 5.74) is 5.31. The summed E-state index contributed by atoms with van der Waals surface area (Å²) >= 11 is 5.45. The number of nitrogens with zero attached hydrogens (tertiary/aromatic N) is 2. The molecule has 0 fully saturated rings. The first-order chi connectivity index (χ1) is 4.20. The van der Waals surface area contributed by atoms with Crippen LogP contribution in [-0.4, -0.2) is 5.10 Å². The first-order valence-electron chi connectivity index (χ1n) is 2.29. The highest BCUT2D eigenvalue weighted by Gasteiger charge is 1.99. The number of hydrogen-bond donors (Lipinski definition) is 2. The van der Waals surface area contributed by atoms with E-state index in [2.05, 4.69) is 5.10 Å². The minimum atomic E-state index is 0.326. The zero-order valence-electron chi connectivity index (χ0n) is 4.58. The lowest BCUT2D eigenvalue weighted by atomic mass is 10.5. The lowest BCUT2D eigenvalue weighted by molar-refractivity contribution is -0.686. The van der Waals surface area contributed by atoms with Crippen LogP contribution < -0.4 is 16.4 Å². The highest BCUT2D eigenvalue weighted by Crippen LogP contribution is 1.99. The van der Waals surface area contributed by atoms with Crippen molar-refractivity contribution in [3.8, 4) is 0 Å². The number of anilines is 1. The minimum Gasteiger partial charge on any atom is -0.284 e. The molecule has 0 spiro atoms. The molecule has 9 heavy (non-hydrogen) atoms. The van der Waals surface area contributed by atoms with Gasteiger partial charge in [-0.05, 0) is 16.0 Å². The largest absolute Gasteiger partial charge is 0.318 e. The topological polar surface area (TPSA) is 68.8 Å². The van der Waals surface area contributed by atoms with Crippen LogP contribution >= 0.6 is 11.6 Å². The van der Waals surface area contributed by atoms with Gasteiger partial charge in [-0.25, -0.2) is 5.84 Å². The van der Waals surface area contributed by atoms with Gasteiger partial charge in [0.2, 0.25) is 0 Å². The standard InChI is InChI=1S/C4H5ClN4/c5-3-1-2-4(6)9(7)8-3/h1-2,6H,7H2/p+1. The summed E-state index contributed by atoms with van der Waals surface area (Å²) in [6.07, 6.45) is 0. The number of aromatic nitrogens is 2. The molecule has 0 aliphatic carbocycles. The summed E-state index contributed by atoms with van der Waals surface area (Å²) in [5.74, 6) is 5.59. The third-order valence-corrected chi connectivity index (χ3v) is 1.06. The zero-order valence-corrected chi connectivity index (χ0v) is 5.34. The molecule has 1 aromatic heterocycles. The van der Waals surface area contributed by atoms with Crippen LogP contribution in [0.4, 0.5) is 5.82 Å². The number of rotatable bonds is 0. The molecule has 0 saturated carbocycles. The number of nitrogen functional groups attached to an aromatic ring is 2. The Morgan fingerprint density at radius 1 is 1.56 bits per heavy atom. The van der Waals surface area contributed by atoms with Crippen LogP contribution in [0.25, 0.3) is 0 Å². The van der Waals surface area contributed by atoms with Gasteiger partial charge in [-0.3, -0.25) is 5.73 Å². The molecule has 5 heteroatoms. The summed E-state index contributed by atoms with van der Waals surface area (Å²) in [6.45, 7) is 0. The van der Waals surface area contributed by atoms with E-state index in [0.29, 0.717) is 11.0 Å².